The molecule has 0 bridgehead atoms. The largest absolute Gasteiger partial charge is 0.391 e. The van der Waals surface area contributed by atoms with E-state index < -0.39 is 29.5 Å². The Morgan fingerprint density at radius 1 is 1.30 bits per heavy atom. The number of aliphatic hydroxyl groups is 1. The summed E-state index contributed by atoms with van der Waals surface area (Å²) in [5, 5.41) is 9.73. The molecule has 0 saturated heterocycles. The Bertz CT molecular complexity index is 517. The maximum absolute atomic E-state index is 13.4. The van der Waals surface area contributed by atoms with Gasteiger partial charge in [-0.25, -0.2) is 13.2 Å². The second kappa shape index (κ2) is 5.83. The monoisotopic (exact) mass is 287 g/mol. The Hall–Kier alpha value is -1.56. The lowest BCUT2D eigenvalue weighted by atomic mass is 10.1. The maximum atomic E-state index is 13.4. The van der Waals surface area contributed by atoms with Crippen molar-refractivity contribution in [1.82, 2.24) is 4.90 Å². The second-order valence-electron chi connectivity index (χ2n) is 5.21. The normalized spacial score (nSPS) is 16.1. The van der Waals surface area contributed by atoms with Crippen molar-refractivity contribution in [3.8, 4) is 0 Å². The first kappa shape index (κ1) is 14.8. The van der Waals surface area contributed by atoms with Gasteiger partial charge in [-0.05, 0) is 24.8 Å². The topological polar surface area (TPSA) is 40.5 Å². The third kappa shape index (κ3) is 3.50. The molecule has 1 aliphatic rings. The van der Waals surface area contributed by atoms with Gasteiger partial charge in [0.2, 0.25) is 5.91 Å². The van der Waals surface area contributed by atoms with Crippen LogP contribution in [0.4, 0.5) is 13.2 Å². The summed E-state index contributed by atoms with van der Waals surface area (Å²) >= 11 is 0. The van der Waals surface area contributed by atoms with Gasteiger partial charge in [0, 0.05) is 25.2 Å². The molecular weight excluding hydrogens is 271 g/mol. The number of benzene rings is 1. The van der Waals surface area contributed by atoms with Gasteiger partial charge in [0.15, 0.2) is 11.6 Å². The Kier molecular flexibility index (Phi) is 4.32. The van der Waals surface area contributed by atoms with Crippen molar-refractivity contribution in [1.29, 1.82) is 0 Å². The molecule has 1 unspecified atom stereocenters. The average Bonchev–Trinajstić information content (AvgIpc) is 3.19. The van der Waals surface area contributed by atoms with Crippen LogP contribution in [0.1, 0.15) is 18.4 Å². The van der Waals surface area contributed by atoms with Crippen LogP contribution < -0.4 is 0 Å². The van der Waals surface area contributed by atoms with Gasteiger partial charge in [-0.3, -0.25) is 4.79 Å². The number of likely N-dealkylation sites (N-methyl/N-ethyl adjacent to an activating group) is 1. The highest BCUT2D eigenvalue weighted by atomic mass is 19.2. The Balaban J connectivity index is 1.98. The van der Waals surface area contributed by atoms with E-state index in [9.17, 15) is 23.1 Å². The third-order valence-electron chi connectivity index (χ3n) is 3.48. The molecule has 0 spiro atoms. The molecule has 110 valence electrons. The van der Waals surface area contributed by atoms with Gasteiger partial charge in [0.05, 0.1) is 12.5 Å². The number of hydrogen-bond acceptors (Lipinski definition) is 2. The molecule has 1 aromatic rings. The molecular formula is C14H16F3NO2. The lowest BCUT2D eigenvalue weighted by Crippen LogP contribution is -2.36. The van der Waals surface area contributed by atoms with Gasteiger partial charge in [-0.2, -0.15) is 0 Å². The Labute approximate surface area is 115 Å². The van der Waals surface area contributed by atoms with E-state index in [4.69, 9.17) is 0 Å². The fourth-order valence-electron chi connectivity index (χ4n) is 2.01. The summed E-state index contributed by atoms with van der Waals surface area (Å²) < 4.78 is 39.2. The van der Waals surface area contributed by atoms with E-state index in [2.05, 4.69) is 0 Å². The summed E-state index contributed by atoms with van der Waals surface area (Å²) in [5.74, 6) is -3.64. The standard InChI is InChI=1S/C14H16F3NO2/c1-18(7-13(19)8-2-3-8)14(20)5-9-4-11(16)12(17)6-10(9)15/h4,6,8,13,19H,2-3,5,7H2,1H3. The van der Waals surface area contributed by atoms with Crippen molar-refractivity contribution in [2.24, 2.45) is 5.92 Å². The molecule has 1 fully saturated rings. The van der Waals surface area contributed by atoms with Crippen molar-refractivity contribution < 1.29 is 23.1 Å². The van der Waals surface area contributed by atoms with Gasteiger partial charge in [-0.1, -0.05) is 0 Å². The van der Waals surface area contributed by atoms with Crippen LogP contribution in [0.2, 0.25) is 0 Å². The van der Waals surface area contributed by atoms with E-state index in [1.165, 1.54) is 11.9 Å². The molecule has 6 heteroatoms. The first-order valence-electron chi connectivity index (χ1n) is 6.44. The number of carbonyl (C=O) groups is 1. The Morgan fingerprint density at radius 2 is 1.90 bits per heavy atom. The first-order valence-corrected chi connectivity index (χ1v) is 6.44. The molecule has 2 rings (SSSR count). The van der Waals surface area contributed by atoms with E-state index in [1.54, 1.807) is 0 Å². The Morgan fingerprint density at radius 3 is 2.50 bits per heavy atom. The van der Waals surface area contributed by atoms with Crippen molar-refractivity contribution in [2.75, 3.05) is 13.6 Å². The lowest BCUT2D eigenvalue weighted by molar-refractivity contribution is -0.130. The SMILES string of the molecule is CN(CC(O)C1CC1)C(=O)Cc1cc(F)c(F)cc1F. The number of nitrogens with zero attached hydrogens (tertiary/aromatic N) is 1. The number of hydrogen-bond donors (Lipinski definition) is 1. The van der Waals surface area contributed by atoms with Crippen LogP contribution in [0, 0.1) is 23.4 Å². The van der Waals surface area contributed by atoms with Gasteiger partial charge in [0.25, 0.3) is 0 Å². The van der Waals surface area contributed by atoms with Gasteiger partial charge >= 0.3 is 0 Å². The molecule has 0 aliphatic heterocycles. The van der Waals surface area contributed by atoms with Gasteiger partial charge < -0.3 is 10.0 Å². The molecule has 0 aromatic heterocycles. The maximum Gasteiger partial charge on any atom is 0.226 e. The third-order valence-corrected chi connectivity index (χ3v) is 3.48. The molecule has 1 amide bonds. The van der Waals surface area contributed by atoms with Crippen molar-refractivity contribution >= 4 is 5.91 Å². The molecule has 0 heterocycles. The summed E-state index contributed by atoms with van der Waals surface area (Å²) in [6.07, 6.45) is 0.942. The van der Waals surface area contributed by atoms with Crippen LogP contribution in [0.5, 0.6) is 0 Å². The highest BCUT2D eigenvalue weighted by Crippen LogP contribution is 2.32. The minimum Gasteiger partial charge on any atom is -0.391 e. The second-order valence-corrected chi connectivity index (χ2v) is 5.21. The molecule has 0 radical (unpaired) electrons. The summed E-state index contributed by atoms with van der Waals surface area (Å²) in [4.78, 5) is 13.2. The van der Waals surface area contributed by atoms with E-state index in [-0.39, 0.29) is 24.4 Å². The number of amides is 1. The number of aliphatic hydroxyl groups excluding tert-OH is 1. The van der Waals surface area contributed by atoms with Gasteiger partial charge in [0.1, 0.15) is 5.82 Å². The minimum absolute atomic E-state index is 0.162. The van der Waals surface area contributed by atoms with Crippen molar-refractivity contribution in [2.45, 2.75) is 25.4 Å². The summed E-state index contributed by atoms with van der Waals surface area (Å²) in [6, 6.07) is 1.12. The summed E-state index contributed by atoms with van der Waals surface area (Å²) in [7, 11) is 1.49. The van der Waals surface area contributed by atoms with Crippen LogP contribution in [-0.2, 0) is 11.2 Å². The van der Waals surface area contributed by atoms with Crippen molar-refractivity contribution in [3.63, 3.8) is 0 Å². The van der Waals surface area contributed by atoms with Crippen LogP contribution in [0.3, 0.4) is 0 Å². The fourth-order valence-corrected chi connectivity index (χ4v) is 2.01. The highest BCUT2D eigenvalue weighted by Gasteiger charge is 2.31. The van der Waals surface area contributed by atoms with Crippen LogP contribution in [-0.4, -0.2) is 35.6 Å². The van der Waals surface area contributed by atoms with Crippen molar-refractivity contribution in [3.05, 3.63) is 35.1 Å². The molecule has 1 aliphatic carbocycles. The number of halogens is 3. The zero-order valence-corrected chi connectivity index (χ0v) is 11.1. The molecule has 20 heavy (non-hydrogen) atoms. The molecule has 1 atom stereocenters. The zero-order valence-electron chi connectivity index (χ0n) is 11.1. The first-order chi connectivity index (χ1) is 9.38. The average molecular weight is 287 g/mol. The number of rotatable bonds is 5. The zero-order chi connectivity index (χ0) is 14.9. The fraction of sp³-hybridized carbons (Fsp3) is 0.500. The van der Waals surface area contributed by atoms with E-state index >= 15 is 0 Å². The number of carbonyl (C=O) groups excluding carboxylic acids is 1. The van der Waals surface area contributed by atoms with Crippen LogP contribution in [0.25, 0.3) is 0 Å². The van der Waals surface area contributed by atoms with E-state index in [0.717, 1.165) is 12.8 Å². The van der Waals surface area contributed by atoms with Gasteiger partial charge in [-0.15, -0.1) is 0 Å². The minimum atomic E-state index is -1.28. The molecule has 1 saturated carbocycles. The molecule has 1 N–H and O–H groups in total. The molecule has 1 aromatic carbocycles. The lowest BCUT2D eigenvalue weighted by Gasteiger charge is -2.21. The summed E-state index contributed by atoms with van der Waals surface area (Å²) in [6.45, 7) is 0.162. The predicted octanol–water partition coefficient (Wildman–Crippen LogP) is 1.88. The van der Waals surface area contributed by atoms with Crippen LogP contribution >= 0.6 is 0 Å². The smallest absolute Gasteiger partial charge is 0.226 e. The van der Waals surface area contributed by atoms with Crippen LogP contribution in [0.15, 0.2) is 12.1 Å². The van der Waals surface area contributed by atoms with E-state index in [0.29, 0.717) is 12.1 Å². The van der Waals surface area contributed by atoms with E-state index in [1.807, 2.05) is 0 Å². The quantitative estimate of drug-likeness (QED) is 0.840. The highest BCUT2D eigenvalue weighted by molar-refractivity contribution is 5.78. The summed E-state index contributed by atoms with van der Waals surface area (Å²) in [5.41, 5.74) is -0.193. The predicted molar refractivity (Wildman–Crippen MR) is 66.4 cm³/mol. The molecule has 3 nitrogen and oxygen atoms in total.